The first-order chi connectivity index (χ1) is 12.6. The second-order valence-electron chi connectivity index (χ2n) is 8.53. The van der Waals surface area contributed by atoms with Crippen LogP contribution in [-0.2, 0) is 23.8 Å². The number of rotatable bonds is 5. The van der Waals surface area contributed by atoms with Crippen LogP contribution in [0.2, 0.25) is 0 Å². The summed E-state index contributed by atoms with van der Waals surface area (Å²) in [5, 5.41) is 2.73. The lowest BCUT2D eigenvalue weighted by Crippen LogP contribution is -2.49. The van der Waals surface area contributed by atoms with Crippen LogP contribution in [0.15, 0.2) is 0 Å². The summed E-state index contributed by atoms with van der Waals surface area (Å²) < 4.78 is 15.2. The van der Waals surface area contributed by atoms with Gasteiger partial charge in [0.1, 0.15) is 11.6 Å². The van der Waals surface area contributed by atoms with Crippen LogP contribution in [0, 0.1) is 5.41 Å². The van der Waals surface area contributed by atoms with E-state index in [0.29, 0.717) is 13.0 Å². The molecule has 1 aliphatic carbocycles. The van der Waals surface area contributed by atoms with E-state index in [1.54, 1.807) is 25.7 Å². The fourth-order valence-corrected chi connectivity index (χ4v) is 4.00. The van der Waals surface area contributed by atoms with Crippen LogP contribution in [0.25, 0.3) is 0 Å². The number of esters is 1. The molecule has 0 aromatic rings. The summed E-state index contributed by atoms with van der Waals surface area (Å²) in [4.78, 5) is 38.7. The molecule has 27 heavy (non-hydrogen) atoms. The third-order valence-electron chi connectivity index (χ3n) is 5.31. The zero-order valence-corrected chi connectivity index (χ0v) is 17.0. The summed E-state index contributed by atoms with van der Waals surface area (Å²) in [5.74, 6) is -0.851. The maximum atomic E-state index is 12.8. The number of ether oxygens (including phenoxy) is 3. The Labute approximate surface area is 160 Å². The SMILES string of the molecule is COC(=O)[C@H](CNC(=O)C1CC2(CCCC2)CN1C(=O)OC(C)(C)C)OC. The third kappa shape index (κ3) is 5.34. The molecule has 2 aliphatic rings. The van der Waals surface area contributed by atoms with Crippen molar-refractivity contribution in [3.05, 3.63) is 0 Å². The van der Waals surface area contributed by atoms with Gasteiger partial charge < -0.3 is 19.5 Å². The van der Waals surface area contributed by atoms with Crippen LogP contribution < -0.4 is 5.32 Å². The molecule has 0 radical (unpaired) electrons. The quantitative estimate of drug-likeness (QED) is 0.727. The summed E-state index contributed by atoms with van der Waals surface area (Å²) in [6.07, 6.45) is 3.53. The second-order valence-corrected chi connectivity index (χ2v) is 8.53. The average Bonchev–Trinajstić information content (AvgIpc) is 3.21. The van der Waals surface area contributed by atoms with Gasteiger partial charge in [0.25, 0.3) is 0 Å². The molecule has 1 aliphatic heterocycles. The highest BCUT2D eigenvalue weighted by molar-refractivity contribution is 5.87. The number of carbonyl (C=O) groups excluding carboxylic acids is 3. The van der Waals surface area contributed by atoms with E-state index < -0.39 is 29.8 Å². The molecule has 1 heterocycles. The monoisotopic (exact) mass is 384 g/mol. The van der Waals surface area contributed by atoms with Gasteiger partial charge in [-0.3, -0.25) is 9.69 Å². The highest BCUT2D eigenvalue weighted by atomic mass is 16.6. The minimum atomic E-state index is -0.879. The Morgan fingerprint density at radius 2 is 1.81 bits per heavy atom. The Balaban J connectivity index is 2.08. The van der Waals surface area contributed by atoms with Crippen molar-refractivity contribution in [1.82, 2.24) is 10.2 Å². The lowest BCUT2D eigenvalue weighted by Gasteiger charge is -2.28. The van der Waals surface area contributed by atoms with Crippen LogP contribution in [0.1, 0.15) is 52.9 Å². The molecule has 2 rings (SSSR count). The van der Waals surface area contributed by atoms with Gasteiger partial charge in [-0.2, -0.15) is 0 Å². The van der Waals surface area contributed by atoms with Crippen LogP contribution in [-0.4, -0.2) is 67.9 Å². The van der Waals surface area contributed by atoms with Crippen LogP contribution in [0.4, 0.5) is 4.79 Å². The van der Waals surface area contributed by atoms with E-state index in [1.807, 2.05) is 0 Å². The second kappa shape index (κ2) is 8.46. The summed E-state index contributed by atoms with van der Waals surface area (Å²) in [5.41, 5.74) is -0.641. The van der Waals surface area contributed by atoms with Gasteiger partial charge in [-0.05, 0) is 45.4 Å². The van der Waals surface area contributed by atoms with Gasteiger partial charge in [-0.25, -0.2) is 9.59 Å². The predicted molar refractivity (Wildman–Crippen MR) is 98.1 cm³/mol. The number of hydrogen-bond acceptors (Lipinski definition) is 6. The molecule has 1 saturated heterocycles. The largest absolute Gasteiger partial charge is 0.467 e. The lowest BCUT2D eigenvalue weighted by atomic mass is 9.84. The first-order valence-corrected chi connectivity index (χ1v) is 9.49. The fraction of sp³-hybridized carbons (Fsp3) is 0.842. The third-order valence-corrected chi connectivity index (χ3v) is 5.31. The van der Waals surface area contributed by atoms with Gasteiger partial charge >= 0.3 is 12.1 Å². The van der Waals surface area contributed by atoms with Crippen molar-refractivity contribution in [3.8, 4) is 0 Å². The first-order valence-electron chi connectivity index (χ1n) is 9.49. The summed E-state index contributed by atoms with van der Waals surface area (Å²) in [6, 6.07) is -0.604. The lowest BCUT2D eigenvalue weighted by molar-refractivity contribution is -0.152. The Hall–Kier alpha value is -1.83. The molecule has 0 bridgehead atoms. The van der Waals surface area contributed by atoms with E-state index in [2.05, 4.69) is 10.1 Å². The molecule has 8 nitrogen and oxygen atoms in total. The maximum Gasteiger partial charge on any atom is 0.410 e. The number of nitrogens with zero attached hydrogens (tertiary/aromatic N) is 1. The van der Waals surface area contributed by atoms with E-state index in [1.165, 1.54) is 14.2 Å². The predicted octanol–water partition coefficient (Wildman–Crippen LogP) is 1.86. The molecule has 0 aromatic carbocycles. The van der Waals surface area contributed by atoms with Gasteiger partial charge in [0.05, 0.1) is 13.7 Å². The number of hydrogen-bond donors (Lipinski definition) is 1. The Bertz CT molecular complexity index is 565. The summed E-state index contributed by atoms with van der Waals surface area (Å²) >= 11 is 0. The molecule has 0 aromatic heterocycles. The molecule has 1 N–H and O–H groups in total. The van der Waals surface area contributed by atoms with Crippen LogP contribution >= 0.6 is 0 Å². The van der Waals surface area contributed by atoms with Crippen molar-refractivity contribution >= 4 is 18.0 Å². The molecule has 8 heteroatoms. The number of amides is 2. The Morgan fingerprint density at radius 3 is 2.33 bits per heavy atom. The van der Waals surface area contributed by atoms with Crippen molar-refractivity contribution < 1.29 is 28.6 Å². The Kier molecular flexibility index (Phi) is 6.72. The summed E-state index contributed by atoms with van der Waals surface area (Å²) in [7, 11) is 2.64. The molecular weight excluding hydrogens is 352 g/mol. The van der Waals surface area contributed by atoms with E-state index >= 15 is 0 Å². The van der Waals surface area contributed by atoms with Crippen molar-refractivity contribution in [2.24, 2.45) is 5.41 Å². The molecule has 2 fully saturated rings. The number of methoxy groups -OCH3 is 2. The van der Waals surface area contributed by atoms with Crippen molar-refractivity contribution in [2.45, 2.75) is 70.6 Å². The van der Waals surface area contributed by atoms with Gasteiger partial charge in [0.2, 0.25) is 5.91 Å². The van der Waals surface area contributed by atoms with Gasteiger partial charge in [-0.1, -0.05) is 12.8 Å². The Morgan fingerprint density at radius 1 is 1.19 bits per heavy atom. The number of carbonyl (C=O) groups is 3. The molecule has 1 saturated carbocycles. The first kappa shape index (κ1) is 21.5. The molecule has 154 valence electrons. The number of nitrogens with one attached hydrogen (secondary N) is 1. The van der Waals surface area contributed by atoms with Gasteiger partial charge in [0.15, 0.2) is 6.10 Å². The summed E-state index contributed by atoms with van der Waals surface area (Å²) in [6.45, 7) is 5.95. The van der Waals surface area contributed by atoms with Crippen molar-refractivity contribution in [3.63, 3.8) is 0 Å². The minimum Gasteiger partial charge on any atom is -0.467 e. The van der Waals surface area contributed by atoms with Gasteiger partial charge in [-0.15, -0.1) is 0 Å². The highest BCUT2D eigenvalue weighted by Gasteiger charge is 2.50. The molecule has 1 spiro atoms. The maximum absolute atomic E-state index is 12.8. The van der Waals surface area contributed by atoms with Crippen LogP contribution in [0.3, 0.4) is 0 Å². The van der Waals surface area contributed by atoms with Gasteiger partial charge in [0, 0.05) is 13.7 Å². The standard InChI is InChI=1S/C19H32N2O6/c1-18(2,3)27-17(24)21-12-19(8-6-7-9-19)10-13(21)15(22)20-11-14(25-4)16(23)26-5/h13-14H,6-12H2,1-5H3,(H,20,22)/t13?,14-/m0/s1. The van der Waals surface area contributed by atoms with E-state index in [9.17, 15) is 14.4 Å². The minimum absolute atomic E-state index is 0.00628. The highest BCUT2D eigenvalue weighted by Crippen LogP contribution is 2.48. The van der Waals surface area contributed by atoms with E-state index in [4.69, 9.17) is 9.47 Å². The molecule has 2 amide bonds. The molecule has 1 unspecified atom stereocenters. The molecule has 2 atom stereocenters. The smallest absolute Gasteiger partial charge is 0.410 e. The fourth-order valence-electron chi connectivity index (χ4n) is 4.00. The van der Waals surface area contributed by atoms with Crippen molar-refractivity contribution in [1.29, 1.82) is 0 Å². The number of likely N-dealkylation sites (tertiary alicyclic amines) is 1. The normalized spacial score (nSPS) is 22.6. The topological polar surface area (TPSA) is 94.2 Å². The zero-order valence-electron chi connectivity index (χ0n) is 17.0. The zero-order chi connectivity index (χ0) is 20.2. The van der Waals surface area contributed by atoms with E-state index in [0.717, 1.165) is 25.7 Å². The van der Waals surface area contributed by atoms with E-state index in [-0.39, 0.29) is 17.9 Å². The van der Waals surface area contributed by atoms with Crippen LogP contribution in [0.5, 0.6) is 0 Å². The van der Waals surface area contributed by atoms with Crippen molar-refractivity contribution in [2.75, 3.05) is 27.3 Å². The average molecular weight is 384 g/mol. The molecular formula is C19H32N2O6.